The zero-order chi connectivity index (χ0) is 14.7. The normalized spacial score (nSPS) is 29.4. The van der Waals surface area contributed by atoms with Crippen molar-refractivity contribution in [1.29, 1.82) is 0 Å². The van der Waals surface area contributed by atoms with E-state index in [9.17, 15) is 0 Å². The van der Waals surface area contributed by atoms with Gasteiger partial charge in [0.15, 0.2) is 5.82 Å². The third-order valence-corrected chi connectivity index (χ3v) is 4.93. The Labute approximate surface area is 126 Å². The van der Waals surface area contributed by atoms with Crippen molar-refractivity contribution >= 4 is 0 Å². The van der Waals surface area contributed by atoms with Gasteiger partial charge >= 0.3 is 0 Å². The summed E-state index contributed by atoms with van der Waals surface area (Å²) in [4.78, 5) is 6.93. The maximum absolute atomic E-state index is 5.49. The minimum Gasteiger partial charge on any atom is -0.339 e. The molecule has 21 heavy (non-hydrogen) atoms. The number of likely N-dealkylation sites (N-methyl/N-ethyl adjacent to an activating group) is 1. The molecule has 0 aliphatic carbocycles. The predicted molar refractivity (Wildman–Crippen MR) is 81.0 cm³/mol. The Morgan fingerprint density at radius 3 is 2.95 bits per heavy atom. The lowest BCUT2D eigenvalue weighted by molar-refractivity contribution is 0.190. The summed E-state index contributed by atoms with van der Waals surface area (Å²) < 4.78 is 5.49. The van der Waals surface area contributed by atoms with Gasteiger partial charge in [-0.05, 0) is 44.8 Å². The van der Waals surface area contributed by atoms with E-state index >= 15 is 0 Å². The molecule has 3 unspecified atom stereocenters. The molecule has 1 aromatic heterocycles. The van der Waals surface area contributed by atoms with Gasteiger partial charge in [0.25, 0.3) is 0 Å². The van der Waals surface area contributed by atoms with Crippen molar-refractivity contribution in [2.24, 2.45) is 11.8 Å². The van der Waals surface area contributed by atoms with Crippen LogP contribution in [0.15, 0.2) is 4.52 Å². The second-order valence-corrected chi connectivity index (χ2v) is 6.53. The van der Waals surface area contributed by atoms with Gasteiger partial charge in [-0.2, -0.15) is 4.98 Å². The van der Waals surface area contributed by atoms with E-state index in [2.05, 4.69) is 39.6 Å². The molecule has 1 aromatic rings. The number of aromatic nitrogens is 2. The average molecular weight is 293 g/mol. The fourth-order valence-electron chi connectivity index (χ4n) is 3.39. The van der Waals surface area contributed by atoms with Gasteiger partial charge in [0.05, 0.1) is 6.04 Å². The van der Waals surface area contributed by atoms with Crippen LogP contribution in [0, 0.1) is 11.8 Å². The number of nitrogens with zero attached hydrogens (tertiary/aromatic N) is 3. The van der Waals surface area contributed by atoms with Gasteiger partial charge in [-0.1, -0.05) is 12.1 Å². The third kappa shape index (κ3) is 3.62. The summed E-state index contributed by atoms with van der Waals surface area (Å²) in [6.45, 7) is 7.54. The molecule has 6 heteroatoms. The van der Waals surface area contributed by atoms with E-state index in [0.717, 1.165) is 56.8 Å². The van der Waals surface area contributed by atoms with Crippen LogP contribution in [0.4, 0.5) is 0 Å². The summed E-state index contributed by atoms with van der Waals surface area (Å²) >= 11 is 0. The Bertz CT molecular complexity index is 443. The number of nitrogens with one attached hydrogen (secondary N) is 2. The second kappa shape index (κ2) is 6.85. The average Bonchev–Trinajstić information content (AvgIpc) is 2.97. The van der Waals surface area contributed by atoms with Crippen molar-refractivity contribution in [3.63, 3.8) is 0 Å². The van der Waals surface area contributed by atoms with Crippen molar-refractivity contribution in [2.75, 3.05) is 39.8 Å². The Kier molecular flexibility index (Phi) is 4.87. The van der Waals surface area contributed by atoms with Crippen molar-refractivity contribution in [1.82, 2.24) is 25.7 Å². The predicted octanol–water partition coefficient (Wildman–Crippen LogP) is 0.824. The number of hydrogen-bond donors (Lipinski definition) is 2. The lowest BCUT2D eigenvalue weighted by Gasteiger charge is -2.30. The van der Waals surface area contributed by atoms with E-state index in [4.69, 9.17) is 4.52 Å². The highest BCUT2D eigenvalue weighted by atomic mass is 16.5. The minimum atomic E-state index is 0.239. The SMILES string of the molecule is CC(Cc1nc(C2CNCCN2C)no1)C1CCCNC1. The number of piperidine rings is 1. The summed E-state index contributed by atoms with van der Waals surface area (Å²) in [5.74, 6) is 2.94. The van der Waals surface area contributed by atoms with Crippen LogP contribution in [0.1, 0.15) is 37.5 Å². The molecule has 0 radical (unpaired) electrons. The third-order valence-electron chi connectivity index (χ3n) is 4.93. The molecule has 0 amide bonds. The minimum absolute atomic E-state index is 0.239. The summed E-state index contributed by atoms with van der Waals surface area (Å²) in [5.41, 5.74) is 0. The van der Waals surface area contributed by atoms with Crippen molar-refractivity contribution in [3.8, 4) is 0 Å². The van der Waals surface area contributed by atoms with E-state index in [0.29, 0.717) is 5.92 Å². The van der Waals surface area contributed by atoms with Crippen LogP contribution in [0.25, 0.3) is 0 Å². The van der Waals surface area contributed by atoms with Gasteiger partial charge < -0.3 is 15.2 Å². The van der Waals surface area contributed by atoms with Gasteiger partial charge in [0, 0.05) is 26.1 Å². The molecular formula is C15H27N5O. The monoisotopic (exact) mass is 293 g/mol. The molecule has 0 spiro atoms. The standard InChI is InChI=1S/C15H27N5O/c1-11(12-4-3-5-16-9-12)8-14-18-15(19-21-14)13-10-17-6-7-20(13)2/h11-13,16-17H,3-10H2,1-2H3. The Hall–Kier alpha value is -0.980. The molecule has 0 saturated carbocycles. The molecule has 0 bridgehead atoms. The molecule has 118 valence electrons. The van der Waals surface area contributed by atoms with Crippen LogP contribution >= 0.6 is 0 Å². The molecule has 6 nitrogen and oxygen atoms in total. The highest BCUT2D eigenvalue weighted by molar-refractivity contribution is 4.98. The lowest BCUT2D eigenvalue weighted by Crippen LogP contribution is -2.44. The molecule has 0 aromatic carbocycles. The Morgan fingerprint density at radius 2 is 2.19 bits per heavy atom. The lowest BCUT2D eigenvalue weighted by atomic mass is 9.85. The summed E-state index contributed by atoms with van der Waals surface area (Å²) in [6, 6.07) is 0.239. The van der Waals surface area contributed by atoms with Crippen LogP contribution < -0.4 is 10.6 Å². The topological polar surface area (TPSA) is 66.2 Å². The van der Waals surface area contributed by atoms with Gasteiger partial charge in [0.1, 0.15) is 0 Å². The summed E-state index contributed by atoms with van der Waals surface area (Å²) in [6.07, 6.45) is 3.48. The first-order chi connectivity index (χ1) is 10.2. The fraction of sp³-hybridized carbons (Fsp3) is 0.867. The molecule has 3 rings (SSSR count). The van der Waals surface area contributed by atoms with E-state index in [1.807, 2.05) is 0 Å². The molecule has 2 N–H and O–H groups in total. The molecule has 2 fully saturated rings. The number of hydrogen-bond acceptors (Lipinski definition) is 6. The molecule has 2 aliphatic rings. The Morgan fingerprint density at radius 1 is 1.33 bits per heavy atom. The number of piperazine rings is 1. The quantitative estimate of drug-likeness (QED) is 0.857. The number of rotatable bonds is 4. The maximum atomic E-state index is 5.49. The van der Waals surface area contributed by atoms with Crippen LogP contribution in [0.3, 0.4) is 0 Å². The zero-order valence-corrected chi connectivity index (χ0v) is 13.1. The molecule has 2 aliphatic heterocycles. The van der Waals surface area contributed by atoms with E-state index in [1.165, 1.54) is 12.8 Å². The summed E-state index contributed by atoms with van der Waals surface area (Å²) in [7, 11) is 2.12. The highest BCUT2D eigenvalue weighted by Crippen LogP contribution is 2.24. The molecular weight excluding hydrogens is 266 g/mol. The van der Waals surface area contributed by atoms with E-state index < -0.39 is 0 Å². The largest absolute Gasteiger partial charge is 0.339 e. The van der Waals surface area contributed by atoms with Crippen LogP contribution in [-0.4, -0.2) is 54.8 Å². The van der Waals surface area contributed by atoms with E-state index in [-0.39, 0.29) is 6.04 Å². The molecule has 3 atom stereocenters. The molecule has 3 heterocycles. The first-order valence-corrected chi connectivity index (χ1v) is 8.18. The van der Waals surface area contributed by atoms with Gasteiger partial charge in [-0.25, -0.2) is 0 Å². The zero-order valence-electron chi connectivity index (χ0n) is 13.1. The van der Waals surface area contributed by atoms with Gasteiger partial charge in [0.2, 0.25) is 5.89 Å². The van der Waals surface area contributed by atoms with Crippen LogP contribution in [0.5, 0.6) is 0 Å². The Balaban J connectivity index is 1.59. The van der Waals surface area contributed by atoms with Crippen molar-refractivity contribution in [3.05, 3.63) is 11.7 Å². The summed E-state index contributed by atoms with van der Waals surface area (Å²) in [5, 5.41) is 11.1. The van der Waals surface area contributed by atoms with E-state index in [1.54, 1.807) is 0 Å². The molecule has 2 saturated heterocycles. The van der Waals surface area contributed by atoms with Crippen LogP contribution in [-0.2, 0) is 6.42 Å². The first-order valence-electron chi connectivity index (χ1n) is 8.18. The van der Waals surface area contributed by atoms with Crippen molar-refractivity contribution < 1.29 is 4.52 Å². The first kappa shape index (κ1) is 14.9. The fourth-order valence-corrected chi connectivity index (χ4v) is 3.39. The van der Waals surface area contributed by atoms with Gasteiger partial charge in [-0.15, -0.1) is 0 Å². The van der Waals surface area contributed by atoms with Crippen LogP contribution in [0.2, 0.25) is 0 Å². The highest BCUT2D eigenvalue weighted by Gasteiger charge is 2.27. The second-order valence-electron chi connectivity index (χ2n) is 6.53. The van der Waals surface area contributed by atoms with Crippen molar-refractivity contribution in [2.45, 2.75) is 32.2 Å². The van der Waals surface area contributed by atoms with Gasteiger partial charge in [-0.3, -0.25) is 4.90 Å². The smallest absolute Gasteiger partial charge is 0.226 e. The maximum Gasteiger partial charge on any atom is 0.226 e.